The van der Waals surface area contributed by atoms with E-state index in [1.54, 1.807) is 43.3 Å². The lowest BCUT2D eigenvalue weighted by atomic mass is 10.1. The Kier molecular flexibility index (Phi) is 8.34. The fourth-order valence-corrected chi connectivity index (χ4v) is 3.32. The molecule has 3 rings (SSSR count). The first kappa shape index (κ1) is 23.4. The lowest BCUT2D eigenvalue weighted by Crippen LogP contribution is -2.06. The van der Waals surface area contributed by atoms with Gasteiger partial charge in [-0.05, 0) is 61.9 Å². The number of anilines is 1. The number of benzene rings is 3. The summed E-state index contributed by atoms with van der Waals surface area (Å²) < 4.78 is 30.4. The number of ether oxygens (including phenoxy) is 3. The van der Waals surface area contributed by atoms with Gasteiger partial charge in [0.05, 0.1) is 23.8 Å². The van der Waals surface area contributed by atoms with Crippen molar-refractivity contribution in [2.24, 2.45) is 0 Å². The number of nitrogens with one attached hydrogen (secondary N) is 1. The van der Waals surface area contributed by atoms with Crippen LogP contribution in [0, 0.1) is 5.82 Å². The summed E-state index contributed by atoms with van der Waals surface area (Å²) in [6.07, 6.45) is 0. The van der Waals surface area contributed by atoms with Gasteiger partial charge in [-0.1, -0.05) is 29.8 Å². The molecule has 168 valence electrons. The van der Waals surface area contributed by atoms with Crippen LogP contribution in [0.3, 0.4) is 0 Å². The summed E-state index contributed by atoms with van der Waals surface area (Å²) in [4.78, 5) is 11.8. The molecule has 7 heteroatoms. The van der Waals surface area contributed by atoms with Crippen LogP contribution in [0.1, 0.15) is 35.3 Å². The summed E-state index contributed by atoms with van der Waals surface area (Å²) in [5.74, 6) is 0.180. The maximum absolute atomic E-state index is 13.9. The van der Waals surface area contributed by atoms with Crippen molar-refractivity contribution in [3.05, 3.63) is 88.2 Å². The molecule has 3 aromatic rings. The van der Waals surface area contributed by atoms with Crippen LogP contribution in [0.25, 0.3) is 0 Å². The van der Waals surface area contributed by atoms with Gasteiger partial charge >= 0.3 is 5.97 Å². The second kappa shape index (κ2) is 11.4. The highest BCUT2D eigenvalue weighted by atomic mass is 35.5. The standard InChI is InChI=1S/C25H25ClFNO4/c1-3-30-23-14-17(15-28-20-11-9-18(10-12-20)25(29)31-4-2)13-21(26)24(23)32-16-19-7-5-6-8-22(19)27/h5-14,28H,3-4,15-16H2,1-2H3. The van der Waals surface area contributed by atoms with E-state index in [9.17, 15) is 9.18 Å². The first-order chi connectivity index (χ1) is 15.5. The average Bonchev–Trinajstić information content (AvgIpc) is 2.79. The van der Waals surface area contributed by atoms with Gasteiger partial charge in [0.25, 0.3) is 0 Å². The molecule has 0 radical (unpaired) electrons. The maximum atomic E-state index is 13.9. The van der Waals surface area contributed by atoms with Crippen molar-refractivity contribution in [3.8, 4) is 11.5 Å². The third-order valence-electron chi connectivity index (χ3n) is 4.59. The summed E-state index contributed by atoms with van der Waals surface area (Å²) >= 11 is 6.47. The fourth-order valence-electron chi connectivity index (χ4n) is 3.03. The van der Waals surface area contributed by atoms with E-state index in [1.807, 2.05) is 25.1 Å². The molecule has 0 saturated heterocycles. The third-order valence-corrected chi connectivity index (χ3v) is 4.87. The molecule has 1 N–H and O–H groups in total. The maximum Gasteiger partial charge on any atom is 0.338 e. The molecule has 0 spiro atoms. The van der Waals surface area contributed by atoms with Gasteiger partial charge in [-0.2, -0.15) is 0 Å². The predicted molar refractivity (Wildman–Crippen MR) is 123 cm³/mol. The summed E-state index contributed by atoms with van der Waals surface area (Å²) in [5.41, 5.74) is 2.65. The van der Waals surface area contributed by atoms with Crippen molar-refractivity contribution in [2.75, 3.05) is 18.5 Å². The second-order valence-electron chi connectivity index (χ2n) is 6.87. The lowest BCUT2D eigenvalue weighted by Gasteiger charge is -2.16. The number of rotatable bonds is 10. The molecule has 32 heavy (non-hydrogen) atoms. The monoisotopic (exact) mass is 457 g/mol. The normalized spacial score (nSPS) is 10.5. The van der Waals surface area contributed by atoms with Gasteiger partial charge in [-0.3, -0.25) is 0 Å². The lowest BCUT2D eigenvalue weighted by molar-refractivity contribution is 0.0526. The van der Waals surface area contributed by atoms with Crippen molar-refractivity contribution >= 4 is 23.3 Å². The van der Waals surface area contributed by atoms with Crippen LogP contribution < -0.4 is 14.8 Å². The number of hydrogen-bond donors (Lipinski definition) is 1. The predicted octanol–water partition coefficient (Wildman–Crippen LogP) is 6.25. The van der Waals surface area contributed by atoms with Crippen LogP contribution in [-0.4, -0.2) is 19.2 Å². The van der Waals surface area contributed by atoms with E-state index in [0.717, 1.165) is 11.3 Å². The molecule has 5 nitrogen and oxygen atoms in total. The highest BCUT2D eigenvalue weighted by Crippen LogP contribution is 2.37. The van der Waals surface area contributed by atoms with Gasteiger partial charge in [0.2, 0.25) is 0 Å². The molecule has 0 aliphatic heterocycles. The molecule has 0 saturated carbocycles. The molecule has 0 aliphatic carbocycles. The quantitative estimate of drug-likeness (QED) is 0.365. The van der Waals surface area contributed by atoms with E-state index in [0.29, 0.717) is 47.4 Å². The van der Waals surface area contributed by atoms with E-state index in [1.165, 1.54) is 6.07 Å². The van der Waals surface area contributed by atoms with Crippen molar-refractivity contribution in [2.45, 2.75) is 27.0 Å². The fraction of sp³-hybridized carbons (Fsp3) is 0.240. The highest BCUT2D eigenvalue weighted by molar-refractivity contribution is 6.32. The van der Waals surface area contributed by atoms with Crippen molar-refractivity contribution in [1.29, 1.82) is 0 Å². The highest BCUT2D eigenvalue weighted by Gasteiger charge is 2.14. The van der Waals surface area contributed by atoms with Gasteiger partial charge in [0, 0.05) is 17.8 Å². The number of halogens is 2. The zero-order valence-corrected chi connectivity index (χ0v) is 18.7. The van der Waals surface area contributed by atoms with Gasteiger partial charge in [0.1, 0.15) is 12.4 Å². The van der Waals surface area contributed by atoms with Crippen LogP contribution in [0.5, 0.6) is 11.5 Å². The van der Waals surface area contributed by atoms with Crippen LogP contribution in [-0.2, 0) is 17.9 Å². The van der Waals surface area contributed by atoms with E-state index < -0.39 is 0 Å². The van der Waals surface area contributed by atoms with Crippen molar-refractivity contribution in [3.63, 3.8) is 0 Å². The molecular weight excluding hydrogens is 433 g/mol. The van der Waals surface area contributed by atoms with Crippen LogP contribution in [0.2, 0.25) is 5.02 Å². The molecule has 0 aromatic heterocycles. The summed E-state index contributed by atoms with van der Waals surface area (Å²) in [6, 6.07) is 17.1. The Hall–Kier alpha value is -3.25. The Balaban J connectivity index is 1.69. The Morgan fingerprint density at radius 3 is 2.44 bits per heavy atom. The SMILES string of the molecule is CCOC(=O)c1ccc(NCc2cc(Cl)c(OCc3ccccc3F)c(OCC)c2)cc1. The van der Waals surface area contributed by atoms with Gasteiger partial charge in [-0.15, -0.1) is 0 Å². The molecule has 0 atom stereocenters. The Morgan fingerprint density at radius 2 is 1.75 bits per heavy atom. The van der Waals surface area contributed by atoms with Gasteiger partial charge in [-0.25, -0.2) is 9.18 Å². The Morgan fingerprint density at radius 1 is 1.00 bits per heavy atom. The minimum atomic E-state index is -0.349. The summed E-state index contributed by atoms with van der Waals surface area (Å²) in [5, 5.41) is 3.66. The largest absolute Gasteiger partial charge is 0.490 e. The smallest absolute Gasteiger partial charge is 0.338 e. The van der Waals surface area contributed by atoms with Gasteiger partial charge in [0.15, 0.2) is 11.5 Å². The van der Waals surface area contributed by atoms with E-state index in [-0.39, 0.29) is 18.4 Å². The van der Waals surface area contributed by atoms with Gasteiger partial charge < -0.3 is 19.5 Å². The number of carbonyl (C=O) groups is 1. The second-order valence-corrected chi connectivity index (χ2v) is 7.28. The van der Waals surface area contributed by atoms with Crippen LogP contribution in [0.15, 0.2) is 60.7 Å². The molecule has 0 aliphatic rings. The number of esters is 1. The van der Waals surface area contributed by atoms with Crippen LogP contribution in [0.4, 0.5) is 10.1 Å². The summed E-state index contributed by atoms with van der Waals surface area (Å²) in [7, 11) is 0. The average molecular weight is 458 g/mol. The molecule has 0 amide bonds. The zero-order chi connectivity index (χ0) is 22.9. The Labute approximate surface area is 192 Å². The molecular formula is C25H25ClFNO4. The minimum Gasteiger partial charge on any atom is -0.490 e. The third kappa shape index (κ3) is 6.14. The van der Waals surface area contributed by atoms with E-state index >= 15 is 0 Å². The molecule has 3 aromatic carbocycles. The van der Waals surface area contributed by atoms with E-state index in [4.69, 9.17) is 25.8 Å². The number of carbonyl (C=O) groups excluding carboxylic acids is 1. The molecule has 0 fully saturated rings. The zero-order valence-electron chi connectivity index (χ0n) is 18.0. The van der Waals surface area contributed by atoms with E-state index in [2.05, 4.69) is 5.32 Å². The van der Waals surface area contributed by atoms with Crippen molar-refractivity contribution in [1.82, 2.24) is 0 Å². The molecule has 0 unspecified atom stereocenters. The molecule has 0 heterocycles. The molecule has 0 bridgehead atoms. The first-order valence-corrected chi connectivity index (χ1v) is 10.7. The van der Waals surface area contributed by atoms with Crippen LogP contribution >= 0.6 is 11.6 Å². The van der Waals surface area contributed by atoms with Crippen molar-refractivity contribution < 1.29 is 23.4 Å². The topological polar surface area (TPSA) is 56.8 Å². The number of hydrogen-bond acceptors (Lipinski definition) is 5. The minimum absolute atomic E-state index is 0.0386. The Bertz CT molecular complexity index is 1060. The first-order valence-electron chi connectivity index (χ1n) is 10.3. The summed E-state index contributed by atoms with van der Waals surface area (Å²) in [6.45, 7) is 4.92.